The average Bonchev–Trinajstić information content (AvgIpc) is 2.28. The van der Waals surface area contributed by atoms with Crippen molar-refractivity contribution in [2.75, 3.05) is 7.11 Å². The van der Waals surface area contributed by atoms with Gasteiger partial charge in [-0.25, -0.2) is 0 Å². The number of halogens is 1. The van der Waals surface area contributed by atoms with Crippen molar-refractivity contribution in [1.29, 1.82) is 0 Å². The number of esters is 1. The minimum Gasteiger partial charge on any atom is -0.469 e. The summed E-state index contributed by atoms with van der Waals surface area (Å²) in [5.74, 6) is -0.181. The Morgan fingerprint density at radius 1 is 1.41 bits per heavy atom. The van der Waals surface area contributed by atoms with E-state index in [1.165, 1.54) is 7.11 Å². The van der Waals surface area contributed by atoms with Crippen LogP contribution in [0.5, 0.6) is 0 Å². The molecule has 1 aromatic carbocycles. The zero-order valence-corrected chi connectivity index (χ0v) is 11.4. The molecule has 17 heavy (non-hydrogen) atoms. The molecule has 92 valence electrons. The summed E-state index contributed by atoms with van der Waals surface area (Å²) in [5.41, 5.74) is 6.72. The molecule has 2 rings (SSSR count). The molecule has 1 aliphatic carbocycles. The highest BCUT2D eigenvalue weighted by Gasteiger charge is 2.50. The first-order valence-corrected chi connectivity index (χ1v) is 6.49. The van der Waals surface area contributed by atoms with Crippen LogP contribution in [-0.2, 0) is 9.53 Å². The van der Waals surface area contributed by atoms with E-state index in [4.69, 9.17) is 10.5 Å². The van der Waals surface area contributed by atoms with Crippen LogP contribution in [0.4, 0.5) is 0 Å². The van der Waals surface area contributed by atoms with Crippen LogP contribution < -0.4 is 5.73 Å². The molecule has 0 amide bonds. The lowest BCUT2D eigenvalue weighted by atomic mass is 9.62. The van der Waals surface area contributed by atoms with Gasteiger partial charge in [0, 0.05) is 10.5 Å². The summed E-state index contributed by atoms with van der Waals surface area (Å²) in [6, 6.07) is 7.52. The van der Waals surface area contributed by atoms with E-state index in [-0.39, 0.29) is 12.0 Å². The van der Waals surface area contributed by atoms with Crippen molar-refractivity contribution >= 4 is 21.9 Å². The monoisotopic (exact) mass is 297 g/mol. The predicted octanol–water partition coefficient (Wildman–Crippen LogP) is 2.79. The number of methoxy groups -OCH3 is 1. The van der Waals surface area contributed by atoms with E-state index in [9.17, 15) is 4.79 Å². The first-order chi connectivity index (χ1) is 8.10. The Labute approximate surface area is 109 Å². The van der Waals surface area contributed by atoms with Crippen LogP contribution in [0.2, 0.25) is 0 Å². The van der Waals surface area contributed by atoms with Crippen LogP contribution >= 0.6 is 15.9 Å². The third-order valence-corrected chi connectivity index (χ3v) is 4.19. The van der Waals surface area contributed by atoms with Gasteiger partial charge in [0.2, 0.25) is 0 Å². The van der Waals surface area contributed by atoms with Gasteiger partial charge in [0.25, 0.3) is 0 Å². The van der Waals surface area contributed by atoms with Gasteiger partial charge in [-0.05, 0) is 30.5 Å². The molecule has 1 aromatic rings. The highest BCUT2D eigenvalue weighted by Crippen LogP contribution is 2.50. The molecule has 0 heterocycles. The molecule has 1 atom stereocenters. The maximum atomic E-state index is 11.9. The first kappa shape index (κ1) is 12.6. The summed E-state index contributed by atoms with van der Waals surface area (Å²) >= 11 is 3.39. The molecule has 0 spiro atoms. The van der Waals surface area contributed by atoms with Crippen LogP contribution in [0.25, 0.3) is 0 Å². The second kappa shape index (κ2) is 4.78. The Bertz CT molecular complexity index is 412. The summed E-state index contributed by atoms with van der Waals surface area (Å²) in [6.07, 6.45) is 2.67. The molecule has 0 bridgehead atoms. The number of carbonyl (C=O) groups is 1. The highest BCUT2D eigenvalue weighted by molar-refractivity contribution is 9.10. The zero-order chi connectivity index (χ0) is 12.5. The van der Waals surface area contributed by atoms with Crippen molar-refractivity contribution in [2.45, 2.75) is 25.3 Å². The minimum atomic E-state index is -0.511. The lowest BCUT2D eigenvalue weighted by Gasteiger charge is -2.43. The molecular weight excluding hydrogens is 282 g/mol. The van der Waals surface area contributed by atoms with E-state index in [2.05, 4.69) is 15.9 Å². The van der Waals surface area contributed by atoms with Gasteiger partial charge in [-0.2, -0.15) is 0 Å². The number of ether oxygens (including phenoxy) is 1. The molecule has 3 nitrogen and oxygen atoms in total. The summed E-state index contributed by atoms with van der Waals surface area (Å²) in [6.45, 7) is 0. The van der Waals surface area contributed by atoms with Gasteiger partial charge >= 0.3 is 5.97 Å². The molecule has 1 saturated carbocycles. The third-order valence-electron chi connectivity index (χ3n) is 3.66. The lowest BCUT2D eigenvalue weighted by molar-refractivity contribution is -0.160. The Morgan fingerprint density at radius 2 is 2.00 bits per heavy atom. The van der Waals surface area contributed by atoms with Gasteiger partial charge in [-0.15, -0.1) is 0 Å². The van der Waals surface area contributed by atoms with Gasteiger partial charge in [-0.1, -0.05) is 34.5 Å². The van der Waals surface area contributed by atoms with Gasteiger partial charge in [0.05, 0.1) is 12.5 Å². The lowest BCUT2D eigenvalue weighted by Crippen LogP contribution is -2.47. The fourth-order valence-corrected chi connectivity index (χ4v) is 2.66. The van der Waals surface area contributed by atoms with Crippen molar-refractivity contribution < 1.29 is 9.53 Å². The van der Waals surface area contributed by atoms with Crippen molar-refractivity contribution in [3.63, 3.8) is 0 Å². The molecule has 0 aliphatic heterocycles. The van der Waals surface area contributed by atoms with Crippen molar-refractivity contribution in [2.24, 2.45) is 11.1 Å². The van der Waals surface area contributed by atoms with E-state index in [1.807, 2.05) is 24.3 Å². The van der Waals surface area contributed by atoms with Gasteiger partial charge < -0.3 is 10.5 Å². The number of hydrogen-bond acceptors (Lipinski definition) is 3. The fraction of sp³-hybridized carbons (Fsp3) is 0.462. The average molecular weight is 298 g/mol. The SMILES string of the molecule is COC(=O)C1(C(N)c2ccc(Br)cc2)CCC1. The topological polar surface area (TPSA) is 52.3 Å². The molecule has 0 saturated heterocycles. The molecule has 0 aromatic heterocycles. The number of hydrogen-bond donors (Lipinski definition) is 1. The molecule has 2 N–H and O–H groups in total. The van der Waals surface area contributed by atoms with E-state index in [0.717, 1.165) is 29.3 Å². The standard InChI is InChI=1S/C13H16BrNO2/c1-17-12(16)13(7-2-8-13)11(15)9-3-5-10(14)6-4-9/h3-6,11H,2,7-8,15H2,1H3. The van der Waals surface area contributed by atoms with Gasteiger partial charge in [0.15, 0.2) is 0 Å². The van der Waals surface area contributed by atoms with Gasteiger partial charge in [-0.3, -0.25) is 4.79 Å². The van der Waals surface area contributed by atoms with Gasteiger partial charge in [0.1, 0.15) is 0 Å². The quantitative estimate of drug-likeness (QED) is 0.873. The number of benzene rings is 1. The van der Waals surface area contributed by atoms with E-state index < -0.39 is 5.41 Å². The Morgan fingerprint density at radius 3 is 2.41 bits per heavy atom. The van der Waals surface area contributed by atoms with E-state index in [1.54, 1.807) is 0 Å². The summed E-state index contributed by atoms with van der Waals surface area (Å²) in [7, 11) is 1.43. The minimum absolute atomic E-state index is 0.181. The first-order valence-electron chi connectivity index (χ1n) is 5.69. The molecule has 0 radical (unpaired) electrons. The van der Waals surface area contributed by atoms with Crippen molar-refractivity contribution in [3.8, 4) is 0 Å². The summed E-state index contributed by atoms with van der Waals surface area (Å²) < 4.78 is 5.90. The Kier molecular flexibility index (Phi) is 3.54. The van der Waals surface area contributed by atoms with Crippen LogP contribution in [0.3, 0.4) is 0 Å². The van der Waals surface area contributed by atoms with Crippen LogP contribution in [0, 0.1) is 5.41 Å². The molecule has 1 unspecified atom stereocenters. The van der Waals surface area contributed by atoms with Crippen LogP contribution in [0.15, 0.2) is 28.7 Å². The molecule has 4 heteroatoms. The number of rotatable bonds is 3. The van der Waals surface area contributed by atoms with E-state index in [0.29, 0.717) is 0 Å². The maximum absolute atomic E-state index is 11.9. The largest absolute Gasteiger partial charge is 0.469 e. The summed E-state index contributed by atoms with van der Waals surface area (Å²) in [4.78, 5) is 11.9. The maximum Gasteiger partial charge on any atom is 0.313 e. The smallest absolute Gasteiger partial charge is 0.313 e. The Hall–Kier alpha value is -0.870. The molecule has 1 aliphatic rings. The van der Waals surface area contributed by atoms with Crippen molar-refractivity contribution in [1.82, 2.24) is 0 Å². The summed E-state index contributed by atoms with van der Waals surface area (Å²) in [5, 5.41) is 0. The second-order valence-electron chi connectivity index (χ2n) is 4.53. The second-order valence-corrected chi connectivity index (χ2v) is 5.45. The molecule has 1 fully saturated rings. The highest BCUT2D eigenvalue weighted by atomic mass is 79.9. The number of carbonyl (C=O) groups excluding carboxylic acids is 1. The Balaban J connectivity index is 2.26. The third kappa shape index (κ3) is 2.11. The zero-order valence-electron chi connectivity index (χ0n) is 9.78. The number of nitrogens with two attached hydrogens (primary N) is 1. The normalized spacial score (nSPS) is 19.2. The van der Waals surface area contributed by atoms with Crippen molar-refractivity contribution in [3.05, 3.63) is 34.3 Å². The van der Waals surface area contributed by atoms with Crippen LogP contribution in [0.1, 0.15) is 30.9 Å². The fourth-order valence-electron chi connectivity index (χ4n) is 2.39. The predicted molar refractivity (Wildman–Crippen MR) is 69.4 cm³/mol. The van der Waals surface area contributed by atoms with Crippen LogP contribution in [-0.4, -0.2) is 13.1 Å². The van der Waals surface area contributed by atoms with E-state index >= 15 is 0 Å². The molecular formula is C13H16BrNO2.